The highest BCUT2D eigenvalue weighted by atomic mass is 79.9. The maximum atomic E-state index is 13.1. The second kappa shape index (κ2) is 7.48. The summed E-state index contributed by atoms with van der Waals surface area (Å²) in [7, 11) is 1.29. The Kier molecular flexibility index (Phi) is 5.30. The van der Waals surface area contributed by atoms with Crippen LogP contribution in [0.4, 0.5) is 5.69 Å². The summed E-state index contributed by atoms with van der Waals surface area (Å²) in [5.41, 5.74) is 2.33. The molecular formula is C20H15BrClNO3. The van der Waals surface area contributed by atoms with Gasteiger partial charge in [0.15, 0.2) is 0 Å². The lowest BCUT2D eigenvalue weighted by Crippen LogP contribution is -2.24. The van der Waals surface area contributed by atoms with Crippen molar-refractivity contribution >= 4 is 51.2 Å². The molecule has 6 heteroatoms. The fraction of sp³-hybridized carbons (Fsp3) is 0.100. The second-order valence-electron chi connectivity index (χ2n) is 5.65. The molecule has 2 aromatic rings. The van der Waals surface area contributed by atoms with Crippen LogP contribution in [-0.2, 0) is 14.3 Å². The van der Waals surface area contributed by atoms with Crippen LogP contribution in [0.1, 0.15) is 12.5 Å². The maximum Gasteiger partial charge on any atom is 0.340 e. The van der Waals surface area contributed by atoms with Gasteiger partial charge in [0, 0.05) is 20.9 Å². The highest BCUT2D eigenvalue weighted by Gasteiger charge is 2.37. The molecule has 0 atom stereocenters. The van der Waals surface area contributed by atoms with E-state index in [-0.39, 0.29) is 17.1 Å². The minimum absolute atomic E-state index is 0.236. The topological polar surface area (TPSA) is 46.6 Å². The average molecular weight is 433 g/mol. The molecule has 0 aliphatic carbocycles. The van der Waals surface area contributed by atoms with E-state index in [9.17, 15) is 9.59 Å². The first kappa shape index (κ1) is 18.4. The van der Waals surface area contributed by atoms with Crippen LogP contribution in [0.15, 0.2) is 69.8 Å². The number of carbonyl (C=O) groups is 2. The Hall–Kier alpha value is -2.37. The Balaban J connectivity index is 2.15. The molecule has 1 amide bonds. The molecule has 3 rings (SSSR count). The third-order valence-electron chi connectivity index (χ3n) is 4.08. The molecule has 0 N–H and O–H groups in total. The van der Waals surface area contributed by atoms with E-state index in [1.165, 1.54) is 12.0 Å². The van der Waals surface area contributed by atoms with Gasteiger partial charge in [0.1, 0.15) is 0 Å². The monoisotopic (exact) mass is 431 g/mol. The van der Waals surface area contributed by atoms with Crippen molar-refractivity contribution in [1.29, 1.82) is 0 Å². The maximum absolute atomic E-state index is 13.1. The predicted octanol–water partition coefficient (Wildman–Crippen LogP) is 4.98. The van der Waals surface area contributed by atoms with Crippen molar-refractivity contribution in [2.45, 2.75) is 6.92 Å². The zero-order valence-electron chi connectivity index (χ0n) is 14.1. The number of rotatable bonds is 3. The van der Waals surface area contributed by atoms with Gasteiger partial charge < -0.3 is 4.74 Å². The van der Waals surface area contributed by atoms with Gasteiger partial charge in [-0.2, -0.15) is 0 Å². The molecule has 0 fully saturated rings. The fourth-order valence-electron chi connectivity index (χ4n) is 2.83. The number of benzene rings is 2. The normalized spacial score (nSPS) is 15.8. The standard InChI is InChI=1S/C20H15BrClNO3/c1-12-18(20(25)26-2)16(11-13-5-3-4-6-17(13)22)19(24)23(12)15-9-7-14(21)8-10-15/h3-11H,1-2H3/b16-11-. The molecular weight excluding hydrogens is 418 g/mol. The Morgan fingerprint density at radius 2 is 1.81 bits per heavy atom. The van der Waals surface area contributed by atoms with E-state index in [4.69, 9.17) is 16.3 Å². The minimum Gasteiger partial charge on any atom is -0.465 e. The zero-order valence-corrected chi connectivity index (χ0v) is 16.5. The molecule has 0 radical (unpaired) electrons. The van der Waals surface area contributed by atoms with E-state index in [1.807, 2.05) is 18.2 Å². The predicted molar refractivity (Wildman–Crippen MR) is 106 cm³/mol. The largest absolute Gasteiger partial charge is 0.465 e. The summed E-state index contributed by atoms with van der Waals surface area (Å²) in [6.07, 6.45) is 1.62. The van der Waals surface area contributed by atoms with Crippen molar-refractivity contribution in [1.82, 2.24) is 0 Å². The number of halogens is 2. The lowest BCUT2D eigenvalue weighted by atomic mass is 10.0. The summed E-state index contributed by atoms with van der Waals surface area (Å²) in [5, 5.41) is 0.497. The second-order valence-corrected chi connectivity index (χ2v) is 6.97. The zero-order chi connectivity index (χ0) is 18.8. The molecule has 26 heavy (non-hydrogen) atoms. The Labute approximate surface area is 164 Å². The summed E-state index contributed by atoms with van der Waals surface area (Å²) in [4.78, 5) is 26.9. The molecule has 0 aromatic heterocycles. The third-order valence-corrected chi connectivity index (χ3v) is 4.95. The molecule has 1 heterocycles. The van der Waals surface area contributed by atoms with Crippen LogP contribution < -0.4 is 4.90 Å². The molecule has 0 saturated carbocycles. The van der Waals surface area contributed by atoms with Crippen molar-refractivity contribution in [3.63, 3.8) is 0 Å². The number of carbonyl (C=O) groups excluding carboxylic acids is 2. The Morgan fingerprint density at radius 3 is 2.42 bits per heavy atom. The number of anilines is 1. The first-order chi connectivity index (χ1) is 12.4. The van der Waals surface area contributed by atoms with E-state index in [1.54, 1.807) is 43.3 Å². The van der Waals surface area contributed by atoms with E-state index >= 15 is 0 Å². The van der Waals surface area contributed by atoms with Gasteiger partial charge in [-0.3, -0.25) is 9.69 Å². The van der Waals surface area contributed by atoms with Crippen molar-refractivity contribution < 1.29 is 14.3 Å². The summed E-state index contributed by atoms with van der Waals surface area (Å²) in [5.74, 6) is -0.862. The Bertz CT molecular complexity index is 948. The van der Waals surface area contributed by atoms with Gasteiger partial charge in [-0.25, -0.2) is 4.79 Å². The van der Waals surface area contributed by atoms with Gasteiger partial charge in [-0.05, 0) is 48.9 Å². The van der Waals surface area contributed by atoms with Crippen molar-refractivity contribution in [2.24, 2.45) is 0 Å². The molecule has 0 spiro atoms. The van der Waals surface area contributed by atoms with Crippen LogP contribution in [0.5, 0.6) is 0 Å². The van der Waals surface area contributed by atoms with Gasteiger partial charge in [0.25, 0.3) is 5.91 Å². The molecule has 0 saturated heterocycles. The number of ether oxygens (including phenoxy) is 1. The molecule has 2 aromatic carbocycles. The number of nitrogens with zero attached hydrogens (tertiary/aromatic N) is 1. The molecule has 0 unspecified atom stereocenters. The SMILES string of the molecule is COC(=O)C1=C(C)N(c2ccc(Br)cc2)C(=O)/C1=C\c1ccccc1Cl. The first-order valence-corrected chi connectivity index (χ1v) is 8.97. The number of amides is 1. The highest BCUT2D eigenvalue weighted by Crippen LogP contribution is 2.36. The molecule has 1 aliphatic rings. The van der Waals surface area contributed by atoms with Gasteiger partial charge in [-0.15, -0.1) is 0 Å². The van der Waals surface area contributed by atoms with Crippen molar-refractivity contribution in [2.75, 3.05) is 12.0 Å². The number of methoxy groups -OCH3 is 1. The van der Waals surface area contributed by atoms with E-state index in [0.29, 0.717) is 22.0 Å². The van der Waals surface area contributed by atoms with Crippen LogP contribution in [0.3, 0.4) is 0 Å². The number of hydrogen-bond acceptors (Lipinski definition) is 3. The molecule has 4 nitrogen and oxygen atoms in total. The molecule has 0 bridgehead atoms. The smallest absolute Gasteiger partial charge is 0.340 e. The first-order valence-electron chi connectivity index (χ1n) is 7.80. The lowest BCUT2D eigenvalue weighted by molar-refractivity contribution is -0.136. The lowest BCUT2D eigenvalue weighted by Gasteiger charge is -2.18. The highest BCUT2D eigenvalue weighted by molar-refractivity contribution is 9.10. The minimum atomic E-state index is -0.561. The summed E-state index contributed by atoms with van der Waals surface area (Å²) in [6, 6.07) is 14.4. The van der Waals surface area contributed by atoms with Crippen LogP contribution in [0.2, 0.25) is 5.02 Å². The summed E-state index contributed by atoms with van der Waals surface area (Å²) >= 11 is 9.59. The summed E-state index contributed by atoms with van der Waals surface area (Å²) in [6.45, 7) is 1.72. The van der Waals surface area contributed by atoms with Crippen LogP contribution in [0, 0.1) is 0 Å². The van der Waals surface area contributed by atoms with Gasteiger partial charge >= 0.3 is 5.97 Å². The quantitative estimate of drug-likeness (QED) is 0.508. The Morgan fingerprint density at radius 1 is 1.15 bits per heavy atom. The average Bonchev–Trinajstić information content (AvgIpc) is 2.87. The molecule has 1 aliphatic heterocycles. The molecule has 132 valence electrons. The van der Waals surface area contributed by atoms with Gasteiger partial charge in [0.2, 0.25) is 0 Å². The number of allylic oxidation sites excluding steroid dienone is 1. The van der Waals surface area contributed by atoms with E-state index in [0.717, 1.165) is 4.47 Å². The van der Waals surface area contributed by atoms with Crippen molar-refractivity contribution in [3.05, 3.63) is 80.4 Å². The van der Waals surface area contributed by atoms with E-state index in [2.05, 4.69) is 15.9 Å². The van der Waals surface area contributed by atoms with Gasteiger partial charge in [-0.1, -0.05) is 45.7 Å². The van der Waals surface area contributed by atoms with Crippen molar-refractivity contribution in [3.8, 4) is 0 Å². The van der Waals surface area contributed by atoms with Crippen LogP contribution in [-0.4, -0.2) is 19.0 Å². The fourth-order valence-corrected chi connectivity index (χ4v) is 3.28. The number of hydrogen-bond donors (Lipinski definition) is 0. The summed E-state index contributed by atoms with van der Waals surface area (Å²) < 4.78 is 5.80. The van der Waals surface area contributed by atoms with E-state index < -0.39 is 5.97 Å². The number of esters is 1. The van der Waals surface area contributed by atoms with Gasteiger partial charge in [0.05, 0.1) is 18.3 Å². The van der Waals surface area contributed by atoms with Crippen LogP contribution >= 0.6 is 27.5 Å². The third kappa shape index (κ3) is 3.32. The van der Waals surface area contributed by atoms with Crippen LogP contribution in [0.25, 0.3) is 6.08 Å².